The lowest BCUT2D eigenvalue weighted by Gasteiger charge is -2.16. The quantitative estimate of drug-likeness (QED) is 0.806. The second-order valence-electron chi connectivity index (χ2n) is 4.00. The number of pyridine rings is 1. The van der Waals surface area contributed by atoms with Crippen LogP contribution < -0.4 is 5.73 Å². The van der Waals surface area contributed by atoms with Crippen molar-refractivity contribution in [2.24, 2.45) is 0 Å². The number of hydrogen-bond donors (Lipinski definition) is 1. The third kappa shape index (κ3) is 2.50. The molecule has 0 aromatic carbocycles. The van der Waals surface area contributed by atoms with E-state index in [4.69, 9.17) is 22.1 Å². The van der Waals surface area contributed by atoms with Crippen LogP contribution in [-0.2, 0) is 4.74 Å². The molecule has 1 aromatic heterocycles. The van der Waals surface area contributed by atoms with E-state index >= 15 is 0 Å². The van der Waals surface area contributed by atoms with Crippen molar-refractivity contribution in [1.29, 1.82) is 0 Å². The number of ether oxygens (including phenoxy) is 1. The molecule has 1 aliphatic rings. The van der Waals surface area contributed by atoms with Gasteiger partial charge in [-0.2, -0.15) is 0 Å². The van der Waals surface area contributed by atoms with Gasteiger partial charge in [0.2, 0.25) is 0 Å². The van der Waals surface area contributed by atoms with E-state index in [-0.39, 0.29) is 17.2 Å². The Morgan fingerprint density at radius 3 is 3.12 bits per heavy atom. The number of hydrogen-bond acceptors (Lipinski definition) is 4. The molecule has 0 spiro atoms. The summed E-state index contributed by atoms with van der Waals surface area (Å²) in [6.45, 7) is 1.25. The molecular formula is C11H14ClN3O2. The minimum Gasteiger partial charge on any atom is -0.397 e. The largest absolute Gasteiger partial charge is 0.397 e. The van der Waals surface area contributed by atoms with Crippen LogP contribution in [0.25, 0.3) is 0 Å². The Kier molecular flexibility index (Phi) is 3.49. The van der Waals surface area contributed by atoms with Gasteiger partial charge in [-0.05, 0) is 12.5 Å². The second-order valence-corrected chi connectivity index (χ2v) is 4.36. The molecule has 1 unspecified atom stereocenters. The smallest absolute Gasteiger partial charge is 0.257 e. The van der Waals surface area contributed by atoms with Crippen molar-refractivity contribution in [2.75, 3.05) is 25.9 Å². The van der Waals surface area contributed by atoms with E-state index in [9.17, 15) is 4.79 Å². The van der Waals surface area contributed by atoms with E-state index in [1.807, 2.05) is 0 Å². The topological polar surface area (TPSA) is 68.5 Å². The fourth-order valence-electron chi connectivity index (χ4n) is 1.89. The monoisotopic (exact) mass is 255 g/mol. The number of aromatic nitrogens is 1. The van der Waals surface area contributed by atoms with Gasteiger partial charge in [0.05, 0.1) is 23.6 Å². The molecule has 1 saturated heterocycles. The molecule has 0 bridgehead atoms. The summed E-state index contributed by atoms with van der Waals surface area (Å²) in [7, 11) is 1.65. The molecule has 92 valence electrons. The van der Waals surface area contributed by atoms with E-state index in [0.717, 1.165) is 6.42 Å². The number of methoxy groups -OCH3 is 1. The molecule has 1 aliphatic heterocycles. The highest BCUT2D eigenvalue weighted by atomic mass is 35.5. The summed E-state index contributed by atoms with van der Waals surface area (Å²) < 4.78 is 5.21. The molecule has 6 heteroatoms. The predicted molar refractivity (Wildman–Crippen MR) is 65.0 cm³/mol. The Hall–Kier alpha value is -1.33. The zero-order valence-electron chi connectivity index (χ0n) is 9.52. The van der Waals surface area contributed by atoms with Gasteiger partial charge >= 0.3 is 0 Å². The zero-order chi connectivity index (χ0) is 12.4. The maximum absolute atomic E-state index is 12.2. The van der Waals surface area contributed by atoms with Crippen molar-refractivity contribution in [3.8, 4) is 0 Å². The summed E-state index contributed by atoms with van der Waals surface area (Å²) in [5.41, 5.74) is 6.38. The molecule has 1 fully saturated rings. The first-order valence-corrected chi connectivity index (χ1v) is 5.72. The van der Waals surface area contributed by atoms with Gasteiger partial charge in [0.1, 0.15) is 5.15 Å². The van der Waals surface area contributed by atoms with E-state index in [2.05, 4.69) is 4.98 Å². The number of halogens is 1. The van der Waals surface area contributed by atoms with E-state index in [1.165, 1.54) is 6.20 Å². The number of nitrogens with zero attached hydrogens (tertiary/aromatic N) is 2. The van der Waals surface area contributed by atoms with Gasteiger partial charge in [-0.15, -0.1) is 0 Å². The summed E-state index contributed by atoms with van der Waals surface area (Å²) in [5, 5.41) is 0.185. The van der Waals surface area contributed by atoms with Gasteiger partial charge in [0.25, 0.3) is 5.91 Å². The highest BCUT2D eigenvalue weighted by Gasteiger charge is 2.28. The molecule has 1 amide bonds. The van der Waals surface area contributed by atoms with Crippen LogP contribution in [0.1, 0.15) is 16.8 Å². The molecule has 2 heterocycles. The van der Waals surface area contributed by atoms with Crippen molar-refractivity contribution < 1.29 is 9.53 Å². The molecule has 2 N–H and O–H groups in total. The lowest BCUT2D eigenvalue weighted by Crippen LogP contribution is -2.30. The number of amides is 1. The number of carbonyl (C=O) groups excluding carboxylic acids is 1. The second kappa shape index (κ2) is 4.89. The minimum absolute atomic E-state index is 0.103. The van der Waals surface area contributed by atoms with Gasteiger partial charge in [-0.1, -0.05) is 11.6 Å². The number of rotatable bonds is 2. The molecule has 2 rings (SSSR count). The van der Waals surface area contributed by atoms with E-state index in [0.29, 0.717) is 24.3 Å². The highest BCUT2D eigenvalue weighted by Crippen LogP contribution is 2.21. The normalized spacial score (nSPS) is 19.6. The Labute approximate surface area is 105 Å². The number of likely N-dealkylation sites (tertiary alicyclic amines) is 1. The van der Waals surface area contributed by atoms with Crippen LogP contribution in [0, 0.1) is 0 Å². The summed E-state index contributed by atoms with van der Waals surface area (Å²) in [4.78, 5) is 17.7. The Morgan fingerprint density at radius 1 is 1.71 bits per heavy atom. The van der Waals surface area contributed by atoms with Crippen molar-refractivity contribution in [2.45, 2.75) is 12.5 Å². The van der Waals surface area contributed by atoms with Crippen LogP contribution in [0.15, 0.2) is 12.3 Å². The first kappa shape index (κ1) is 12.1. The minimum atomic E-state index is -0.144. The molecule has 17 heavy (non-hydrogen) atoms. The third-order valence-corrected chi connectivity index (χ3v) is 3.16. The zero-order valence-corrected chi connectivity index (χ0v) is 10.3. The predicted octanol–water partition coefficient (Wildman–Crippen LogP) is 1.18. The van der Waals surface area contributed by atoms with E-state index in [1.54, 1.807) is 18.1 Å². The SMILES string of the molecule is COC1CCN(C(=O)c2cc(N)cnc2Cl)C1. The average molecular weight is 256 g/mol. The third-order valence-electron chi connectivity index (χ3n) is 2.86. The molecular weight excluding hydrogens is 242 g/mol. The van der Waals surface area contributed by atoms with Crippen LogP contribution in [-0.4, -0.2) is 42.1 Å². The molecule has 0 radical (unpaired) electrons. The lowest BCUT2D eigenvalue weighted by atomic mass is 10.2. The van der Waals surface area contributed by atoms with E-state index < -0.39 is 0 Å². The van der Waals surface area contributed by atoms with Crippen LogP contribution in [0.2, 0.25) is 5.15 Å². The maximum atomic E-state index is 12.2. The summed E-state index contributed by atoms with van der Waals surface area (Å²) in [6.07, 6.45) is 2.38. The van der Waals surface area contributed by atoms with Crippen LogP contribution in [0.3, 0.4) is 0 Å². The Morgan fingerprint density at radius 2 is 2.47 bits per heavy atom. The van der Waals surface area contributed by atoms with Crippen molar-refractivity contribution >= 4 is 23.2 Å². The first-order chi connectivity index (χ1) is 8.11. The summed E-state index contributed by atoms with van der Waals surface area (Å²) >= 11 is 5.89. The van der Waals surface area contributed by atoms with Gasteiger partial charge in [0, 0.05) is 20.2 Å². The number of carbonyl (C=O) groups is 1. The molecule has 1 aromatic rings. The number of nitrogens with two attached hydrogens (primary N) is 1. The van der Waals surface area contributed by atoms with Gasteiger partial charge < -0.3 is 15.4 Å². The molecule has 0 saturated carbocycles. The average Bonchev–Trinajstić information content (AvgIpc) is 2.80. The molecule has 1 atom stereocenters. The number of nitrogen functional groups attached to an aromatic ring is 1. The van der Waals surface area contributed by atoms with Crippen LogP contribution in [0.4, 0.5) is 5.69 Å². The van der Waals surface area contributed by atoms with Gasteiger partial charge in [-0.3, -0.25) is 4.79 Å². The van der Waals surface area contributed by atoms with Crippen LogP contribution in [0.5, 0.6) is 0 Å². The maximum Gasteiger partial charge on any atom is 0.257 e. The highest BCUT2D eigenvalue weighted by molar-refractivity contribution is 6.32. The van der Waals surface area contributed by atoms with Crippen molar-refractivity contribution in [3.63, 3.8) is 0 Å². The summed E-state index contributed by atoms with van der Waals surface area (Å²) in [6, 6.07) is 1.55. The van der Waals surface area contributed by atoms with Gasteiger partial charge in [-0.25, -0.2) is 4.98 Å². The Balaban J connectivity index is 2.17. The number of anilines is 1. The van der Waals surface area contributed by atoms with Crippen LogP contribution >= 0.6 is 11.6 Å². The molecule has 0 aliphatic carbocycles. The first-order valence-electron chi connectivity index (χ1n) is 5.35. The van der Waals surface area contributed by atoms with Gasteiger partial charge in [0.15, 0.2) is 0 Å². The fourth-order valence-corrected chi connectivity index (χ4v) is 2.07. The fraction of sp³-hybridized carbons (Fsp3) is 0.455. The molecule has 5 nitrogen and oxygen atoms in total. The van der Waals surface area contributed by atoms with Crippen molar-refractivity contribution in [3.05, 3.63) is 23.0 Å². The lowest BCUT2D eigenvalue weighted by molar-refractivity contribution is 0.0724. The Bertz CT molecular complexity index is 439. The standard InChI is InChI=1S/C11H14ClN3O2/c1-17-8-2-3-15(6-8)11(16)9-4-7(13)5-14-10(9)12/h4-5,8H,2-3,6,13H2,1H3. The van der Waals surface area contributed by atoms with Crippen molar-refractivity contribution in [1.82, 2.24) is 9.88 Å². The summed E-state index contributed by atoms with van der Waals surface area (Å²) in [5.74, 6) is -0.144.